The van der Waals surface area contributed by atoms with Gasteiger partial charge in [-0.05, 0) is 31.2 Å². The molecule has 0 atom stereocenters. The van der Waals surface area contributed by atoms with Gasteiger partial charge < -0.3 is 4.57 Å². The van der Waals surface area contributed by atoms with Crippen molar-refractivity contribution < 1.29 is 8.42 Å². The lowest BCUT2D eigenvalue weighted by atomic mass is 9.77. The minimum Gasteiger partial charge on any atom is -0.328 e. The molecule has 1 saturated heterocycles. The molecule has 134 valence electrons. The van der Waals surface area contributed by atoms with Crippen LogP contribution in [0.2, 0.25) is 0 Å². The van der Waals surface area contributed by atoms with Crippen molar-refractivity contribution in [3.8, 4) is 11.3 Å². The van der Waals surface area contributed by atoms with E-state index >= 15 is 0 Å². The molecule has 0 unspecified atom stereocenters. The number of imidazole rings is 1. The van der Waals surface area contributed by atoms with E-state index in [0.29, 0.717) is 19.5 Å². The van der Waals surface area contributed by atoms with E-state index in [4.69, 9.17) is 4.98 Å². The second kappa shape index (κ2) is 6.25. The van der Waals surface area contributed by atoms with Crippen LogP contribution in [-0.4, -0.2) is 41.1 Å². The van der Waals surface area contributed by atoms with Gasteiger partial charge in [-0.2, -0.15) is 0 Å². The minimum absolute atomic E-state index is 0.0469. The van der Waals surface area contributed by atoms with Gasteiger partial charge in [0.15, 0.2) is 0 Å². The van der Waals surface area contributed by atoms with Crippen LogP contribution in [0.1, 0.15) is 38.4 Å². The first-order valence-corrected chi connectivity index (χ1v) is 10.8. The Morgan fingerprint density at radius 3 is 2.44 bits per heavy atom. The van der Waals surface area contributed by atoms with Gasteiger partial charge in [-0.3, -0.25) is 0 Å². The summed E-state index contributed by atoms with van der Waals surface area (Å²) in [5.41, 5.74) is 2.42. The van der Waals surface area contributed by atoms with Crippen molar-refractivity contribution in [3.05, 3.63) is 42.4 Å². The van der Waals surface area contributed by atoms with E-state index in [2.05, 4.69) is 28.8 Å². The Kier molecular flexibility index (Phi) is 4.20. The fourth-order valence-electron chi connectivity index (χ4n) is 4.36. The lowest BCUT2D eigenvalue weighted by molar-refractivity contribution is 0.228. The summed E-state index contributed by atoms with van der Waals surface area (Å²) in [6, 6.07) is 10.4. The van der Waals surface area contributed by atoms with Gasteiger partial charge in [0.2, 0.25) is 10.0 Å². The zero-order valence-corrected chi connectivity index (χ0v) is 15.5. The molecule has 2 aliphatic rings. The number of fused-ring (bicyclic) bond motifs is 2. The molecule has 3 heterocycles. The number of hydrogen-bond acceptors (Lipinski definition) is 3. The quantitative estimate of drug-likeness (QED) is 0.843. The van der Waals surface area contributed by atoms with Gasteiger partial charge in [-0.15, -0.1) is 0 Å². The van der Waals surface area contributed by atoms with Crippen LogP contribution in [0.3, 0.4) is 0 Å². The Hall–Kier alpha value is -1.66. The third-order valence-corrected chi connectivity index (χ3v) is 7.82. The van der Waals surface area contributed by atoms with Crippen LogP contribution in [-0.2, 0) is 22.0 Å². The van der Waals surface area contributed by atoms with E-state index in [1.165, 1.54) is 11.3 Å². The SMILES string of the molecule is CCCS(=O)(=O)N1CCC2(CC1)CCn1c(-c3ccccc3)cnc12. The molecule has 1 spiro atoms. The third-order valence-electron chi connectivity index (χ3n) is 5.75. The number of piperidine rings is 1. The van der Waals surface area contributed by atoms with Gasteiger partial charge >= 0.3 is 0 Å². The second-order valence-corrected chi connectivity index (χ2v) is 9.32. The zero-order chi connectivity index (χ0) is 17.5. The molecule has 0 radical (unpaired) electrons. The van der Waals surface area contributed by atoms with Gasteiger partial charge in [-0.1, -0.05) is 37.3 Å². The molecule has 2 aliphatic heterocycles. The summed E-state index contributed by atoms with van der Waals surface area (Å²) in [6.45, 7) is 4.13. The van der Waals surface area contributed by atoms with Gasteiger partial charge in [0.25, 0.3) is 0 Å². The van der Waals surface area contributed by atoms with Gasteiger partial charge in [-0.25, -0.2) is 17.7 Å². The second-order valence-electron chi connectivity index (χ2n) is 7.23. The highest BCUT2D eigenvalue weighted by atomic mass is 32.2. The maximum Gasteiger partial charge on any atom is 0.214 e. The number of rotatable bonds is 4. The summed E-state index contributed by atoms with van der Waals surface area (Å²) in [7, 11) is -3.09. The van der Waals surface area contributed by atoms with Crippen LogP contribution in [0.15, 0.2) is 36.5 Å². The fourth-order valence-corrected chi connectivity index (χ4v) is 5.87. The number of aromatic nitrogens is 2. The van der Waals surface area contributed by atoms with Crippen molar-refractivity contribution in [3.63, 3.8) is 0 Å². The molecule has 1 fully saturated rings. The fraction of sp³-hybridized carbons (Fsp3) is 0.526. The maximum absolute atomic E-state index is 12.3. The molecule has 6 heteroatoms. The molecule has 1 aromatic heterocycles. The first-order chi connectivity index (χ1) is 12.1. The summed E-state index contributed by atoms with van der Waals surface area (Å²) in [6.07, 6.45) is 5.47. The molecule has 0 N–H and O–H groups in total. The van der Waals surface area contributed by atoms with E-state index < -0.39 is 10.0 Å². The van der Waals surface area contributed by atoms with E-state index in [0.717, 1.165) is 31.6 Å². The number of sulfonamides is 1. The average molecular weight is 359 g/mol. The van der Waals surface area contributed by atoms with Crippen LogP contribution in [0, 0.1) is 0 Å². The van der Waals surface area contributed by atoms with Crippen LogP contribution < -0.4 is 0 Å². The molecular weight excluding hydrogens is 334 g/mol. The van der Waals surface area contributed by atoms with Crippen molar-refractivity contribution >= 4 is 10.0 Å². The van der Waals surface area contributed by atoms with E-state index in [9.17, 15) is 8.42 Å². The molecule has 0 bridgehead atoms. The molecule has 2 aromatic rings. The van der Waals surface area contributed by atoms with Crippen molar-refractivity contribution in [2.45, 2.75) is 44.6 Å². The first kappa shape index (κ1) is 16.8. The van der Waals surface area contributed by atoms with E-state index in [-0.39, 0.29) is 11.2 Å². The standard InChI is InChI=1S/C19H25N3O2S/c1-2-14-25(23,24)21-11-8-19(9-12-21)10-13-22-17(15-20-18(19)22)16-6-4-3-5-7-16/h3-7,15H,2,8-14H2,1H3. The van der Waals surface area contributed by atoms with Gasteiger partial charge in [0.05, 0.1) is 17.6 Å². The van der Waals surface area contributed by atoms with Crippen molar-refractivity contribution in [2.24, 2.45) is 0 Å². The highest BCUT2D eigenvalue weighted by Crippen LogP contribution is 2.44. The average Bonchev–Trinajstić information content (AvgIpc) is 3.18. The Labute approximate surface area is 149 Å². The summed E-state index contributed by atoms with van der Waals surface area (Å²) in [4.78, 5) is 4.77. The summed E-state index contributed by atoms with van der Waals surface area (Å²) in [5.74, 6) is 1.41. The summed E-state index contributed by atoms with van der Waals surface area (Å²) >= 11 is 0. The molecule has 5 nitrogen and oxygen atoms in total. The largest absolute Gasteiger partial charge is 0.328 e. The number of benzene rings is 1. The predicted octanol–water partition coefficient (Wildman–Crippen LogP) is 3.03. The normalized spacial score (nSPS) is 20.0. The van der Waals surface area contributed by atoms with Crippen molar-refractivity contribution in [1.29, 1.82) is 0 Å². The van der Waals surface area contributed by atoms with Crippen molar-refractivity contribution in [2.75, 3.05) is 18.8 Å². The topological polar surface area (TPSA) is 55.2 Å². The molecular formula is C19H25N3O2S. The Balaban J connectivity index is 1.57. The Morgan fingerprint density at radius 2 is 1.76 bits per heavy atom. The summed E-state index contributed by atoms with van der Waals surface area (Å²) in [5, 5.41) is 0. The molecule has 1 aromatic carbocycles. The smallest absolute Gasteiger partial charge is 0.214 e. The molecule has 4 rings (SSSR count). The predicted molar refractivity (Wildman–Crippen MR) is 98.8 cm³/mol. The van der Waals surface area contributed by atoms with Crippen LogP contribution in [0.4, 0.5) is 0 Å². The summed E-state index contributed by atoms with van der Waals surface area (Å²) < 4.78 is 28.7. The number of nitrogens with zero attached hydrogens (tertiary/aromatic N) is 3. The van der Waals surface area contributed by atoms with Crippen LogP contribution in [0.25, 0.3) is 11.3 Å². The highest BCUT2D eigenvalue weighted by molar-refractivity contribution is 7.89. The van der Waals surface area contributed by atoms with Gasteiger partial charge in [0.1, 0.15) is 5.82 Å². The van der Waals surface area contributed by atoms with Crippen LogP contribution in [0.5, 0.6) is 0 Å². The zero-order valence-electron chi connectivity index (χ0n) is 14.7. The lowest BCUT2D eigenvalue weighted by Crippen LogP contribution is -2.45. The first-order valence-electron chi connectivity index (χ1n) is 9.15. The van der Waals surface area contributed by atoms with Gasteiger partial charge in [0, 0.05) is 25.0 Å². The minimum atomic E-state index is -3.09. The molecule has 25 heavy (non-hydrogen) atoms. The Morgan fingerprint density at radius 1 is 1.08 bits per heavy atom. The molecule has 0 aliphatic carbocycles. The lowest BCUT2D eigenvalue weighted by Gasteiger charge is -2.37. The highest BCUT2D eigenvalue weighted by Gasteiger charge is 2.45. The maximum atomic E-state index is 12.3. The van der Waals surface area contributed by atoms with E-state index in [1.807, 2.05) is 19.2 Å². The van der Waals surface area contributed by atoms with E-state index in [1.54, 1.807) is 4.31 Å². The Bertz CT molecular complexity index is 850. The molecule has 0 saturated carbocycles. The number of hydrogen-bond donors (Lipinski definition) is 0. The van der Waals surface area contributed by atoms with Crippen LogP contribution >= 0.6 is 0 Å². The third kappa shape index (κ3) is 2.81. The van der Waals surface area contributed by atoms with Crippen molar-refractivity contribution in [1.82, 2.24) is 13.9 Å². The molecule has 0 amide bonds. The monoisotopic (exact) mass is 359 g/mol.